The van der Waals surface area contributed by atoms with Crippen LogP contribution in [0.3, 0.4) is 0 Å². The Morgan fingerprint density at radius 3 is 2.38 bits per heavy atom. The molecular weight excluding hydrogens is 260 g/mol. The summed E-state index contributed by atoms with van der Waals surface area (Å²) in [6.45, 7) is 2.65. The number of para-hydroxylation sites is 1. The van der Waals surface area contributed by atoms with Crippen molar-refractivity contribution in [3.05, 3.63) is 77.6 Å². The van der Waals surface area contributed by atoms with Crippen molar-refractivity contribution in [2.75, 3.05) is 0 Å². The van der Waals surface area contributed by atoms with Crippen LogP contribution in [0.1, 0.15) is 17.0 Å². The lowest BCUT2D eigenvalue weighted by Gasteiger charge is -2.01. The van der Waals surface area contributed by atoms with Gasteiger partial charge >= 0.3 is 0 Å². The van der Waals surface area contributed by atoms with Crippen molar-refractivity contribution >= 4 is 6.21 Å². The molecule has 0 aliphatic carbocycles. The molecule has 0 spiro atoms. The highest BCUT2D eigenvalue weighted by Gasteiger charge is 2.07. The van der Waals surface area contributed by atoms with Crippen LogP contribution >= 0.6 is 0 Å². The predicted octanol–water partition coefficient (Wildman–Crippen LogP) is 3.19. The highest BCUT2D eigenvalue weighted by atomic mass is 15.4. The Morgan fingerprint density at radius 2 is 1.67 bits per heavy atom. The average Bonchev–Trinajstić information content (AvgIpc) is 2.90. The molecule has 0 saturated carbocycles. The Bertz CT molecular complexity index is 730. The van der Waals surface area contributed by atoms with Gasteiger partial charge in [0.1, 0.15) is 5.69 Å². The fourth-order valence-corrected chi connectivity index (χ4v) is 2.10. The second kappa shape index (κ2) is 6.13. The van der Waals surface area contributed by atoms with Crippen LogP contribution in [0, 0.1) is 6.92 Å². The first-order valence-electron chi connectivity index (χ1n) is 6.86. The first kappa shape index (κ1) is 13.2. The number of aromatic nitrogens is 3. The molecule has 4 heteroatoms. The van der Waals surface area contributed by atoms with E-state index >= 15 is 0 Å². The van der Waals surface area contributed by atoms with Crippen LogP contribution in [-0.2, 0) is 6.54 Å². The third-order valence-corrected chi connectivity index (χ3v) is 3.26. The minimum absolute atomic E-state index is 0.651. The van der Waals surface area contributed by atoms with Crippen LogP contribution < -0.4 is 0 Å². The highest BCUT2D eigenvalue weighted by molar-refractivity contribution is 5.78. The van der Waals surface area contributed by atoms with Crippen LogP contribution in [-0.4, -0.2) is 21.2 Å². The second-order valence-electron chi connectivity index (χ2n) is 4.76. The molecule has 3 aromatic rings. The lowest BCUT2D eigenvalue weighted by molar-refractivity contribution is 0.785. The summed E-state index contributed by atoms with van der Waals surface area (Å²) in [7, 11) is 0. The zero-order valence-electron chi connectivity index (χ0n) is 11.8. The Morgan fingerprint density at radius 1 is 1.00 bits per heavy atom. The van der Waals surface area contributed by atoms with Gasteiger partial charge in [0.05, 0.1) is 24.1 Å². The molecule has 0 amide bonds. The van der Waals surface area contributed by atoms with Crippen molar-refractivity contribution in [1.82, 2.24) is 15.0 Å². The third kappa shape index (κ3) is 3.05. The lowest BCUT2D eigenvalue weighted by atomic mass is 10.2. The summed E-state index contributed by atoms with van der Waals surface area (Å²) >= 11 is 0. The average molecular weight is 276 g/mol. The molecular formula is C17H16N4. The predicted molar refractivity (Wildman–Crippen MR) is 83.8 cm³/mol. The van der Waals surface area contributed by atoms with Crippen molar-refractivity contribution in [3.8, 4) is 5.69 Å². The van der Waals surface area contributed by atoms with Crippen LogP contribution in [0.4, 0.5) is 0 Å². The third-order valence-electron chi connectivity index (χ3n) is 3.26. The SMILES string of the molecule is Cc1c(C=NCc2ccccc2)nnn1-c1ccccc1. The van der Waals surface area contributed by atoms with E-state index in [-0.39, 0.29) is 0 Å². The minimum Gasteiger partial charge on any atom is -0.286 e. The number of hydrogen-bond acceptors (Lipinski definition) is 3. The fraction of sp³-hybridized carbons (Fsp3) is 0.118. The first-order valence-corrected chi connectivity index (χ1v) is 6.86. The standard InChI is InChI=1S/C17H16N4/c1-14-17(13-18-12-15-8-4-2-5-9-15)19-20-21(14)16-10-6-3-7-11-16/h2-11,13H,12H2,1H3. The minimum atomic E-state index is 0.651. The molecule has 0 N–H and O–H groups in total. The van der Waals surface area contributed by atoms with E-state index in [4.69, 9.17) is 0 Å². The summed E-state index contributed by atoms with van der Waals surface area (Å²) in [5.74, 6) is 0. The van der Waals surface area contributed by atoms with E-state index < -0.39 is 0 Å². The maximum Gasteiger partial charge on any atom is 0.126 e. The van der Waals surface area contributed by atoms with E-state index in [1.807, 2.05) is 60.1 Å². The van der Waals surface area contributed by atoms with Crippen LogP contribution in [0.5, 0.6) is 0 Å². The van der Waals surface area contributed by atoms with Gasteiger partial charge < -0.3 is 0 Å². The van der Waals surface area contributed by atoms with Gasteiger partial charge in [-0.1, -0.05) is 53.7 Å². The van der Waals surface area contributed by atoms with Crippen molar-refractivity contribution in [1.29, 1.82) is 0 Å². The zero-order chi connectivity index (χ0) is 14.5. The van der Waals surface area contributed by atoms with Gasteiger partial charge in [-0.25, -0.2) is 4.68 Å². The summed E-state index contributed by atoms with van der Waals surface area (Å²) in [6.07, 6.45) is 1.79. The van der Waals surface area contributed by atoms with Gasteiger partial charge in [-0.2, -0.15) is 0 Å². The molecule has 0 radical (unpaired) electrons. The topological polar surface area (TPSA) is 43.1 Å². The molecule has 0 unspecified atom stereocenters. The zero-order valence-corrected chi connectivity index (χ0v) is 11.8. The smallest absolute Gasteiger partial charge is 0.126 e. The summed E-state index contributed by atoms with van der Waals surface area (Å²) in [5, 5.41) is 8.37. The van der Waals surface area contributed by atoms with Gasteiger partial charge in [-0.15, -0.1) is 5.10 Å². The monoisotopic (exact) mass is 276 g/mol. The normalized spacial score (nSPS) is 11.1. The molecule has 21 heavy (non-hydrogen) atoms. The molecule has 0 fully saturated rings. The van der Waals surface area contributed by atoms with Crippen LogP contribution in [0.15, 0.2) is 65.7 Å². The quantitative estimate of drug-likeness (QED) is 0.687. The van der Waals surface area contributed by atoms with Gasteiger partial charge in [0.25, 0.3) is 0 Å². The van der Waals surface area contributed by atoms with Gasteiger partial charge in [0.2, 0.25) is 0 Å². The molecule has 104 valence electrons. The van der Waals surface area contributed by atoms with E-state index in [1.165, 1.54) is 5.56 Å². The molecule has 0 bridgehead atoms. The maximum atomic E-state index is 4.44. The molecule has 0 saturated heterocycles. The number of benzene rings is 2. The number of aliphatic imine (C=N–C) groups is 1. The summed E-state index contributed by atoms with van der Waals surface area (Å²) in [4.78, 5) is 4.44. The molecule has 1 heterocycles. The first-order chi connectivity index (χ1) is 10.3. The highest BCUT2D eigenvalue weighted by Crippen LogP contribution is 2.10. The largest absolute Gasteiger partial charge is 0.286 e. The number of nitrogens with zero attached hydrogens (tertiary/aromatic N) is 4. The molecule has 2 aromatic carbocycles. The van der Waals surface area contributed by atoms with Crippen LogP contribution in [0.2, 0.25) is 0 Å². The van der Waals surface area contributed by atoms with E-state index in [9.17, 15) is 0 Å². The molecule has 4 nitrogen and oxygen atoms in total. The molecule has 1 aromatic heterocycles. The van der Waals surface area contributed by atoms with E-state index in [2.05, 4.69) is 27.4 Å². The lowest BCUT2D eigenvalue weighted by Crippen LogP contribution is -1.99. The van der Waals surface area contributed by atoms with E-state index in [1.54, 1.807) is 6.21 Å². The summed E-state index contributed by atoms with van der Waals surface area (Å²) in [5.41, 5.74) is 3.97. The van der Waals surface area contributed by atoms with E-state index in [0.717, 1.165) is 17.1 Å². The van der Waals surface area contributed by atoms with Crippen molar-refractivity contribution in [2.24, 2.45) is 4.99 Å². The molecule has 0 aliphatic heterocycles. The van der Waals surface area contributed by atoms with Crippen molar-refractivity contribution in [3.63, 3.8) is 0 Å². The number of hydrogen-bond donors (Lipinski definition) is 0. The Labute approximate surface area is 123 Å². The molecule has 0 aliphatic rings. The summed E-state index contributed by atoms with van der Waals surface area (Å²) < 4.78 is 1.82. The maximum absolute atomic E-state index is 4.44. The Hall–Kier alpha value is -2.75. The van der Waals surface area contributed by atoms with Gasteiger partial charge in [-0.3, -0.25) is 4.99 Å². The van der Waals surface area contributed by atoms with Crippen molar-refractivity contribution in [2.45, 2.75) is 13.5 Å². The summed E-state index contributed by atoms with van der Waals surface area (Å²) in [6, 6.07) is 20.1. The second-order valence-corrected chi connectivity index (χ2v) is 4.76. The number of rotatable bonds is 4. The Balaban J connectivity index is 1.77. The van der Waals surface area contributed by atoms with E-state index in [0.29, 0.717) is 6.54 Å². The molecule has 0 atom stereocenters. The van der Waals surface area contributed by atoms with Gasteiger partial charge in [0, 0.05) is 0 Å². The van der Waals surface area contributed by atoms with Crippen LogP contribution in [0.25, 0.3) is 5.69 Å². The van der Waals surface area contributed by atoms with Gasteiger partial charge in [-0.05, 0) is 24.6 Å². The Kier molecular flexibility index (Phi) is 3.87. The fourth-order valence-electron chi connectivity index (χ4n) is 2.10. The molecule has 3 rings (SSSR count). The van der Waals surface area contributed by atoms with Crippen molar-refractivity contribution < 1.29 is 0 Å². The van der Waals surface area contributed by atoms with Gasteiger partial charge in [0.15, 0.2) is 0 Å².